The number of thioether (sulfide) groups is 1. The molecule has 8 heteroatoms. The second-order valence-corrected chi connectivity index (χ2v) is 8.94. The van der Waals surface area contributed by atoms with Gasteiger partial charge in [-0.05, 0) is 37.8 Å². The van der Waals surface area contributed by atoms with Crippen LogP contribution in [0.4, 0.5) is 0 Å². The predicted octanol–water partition coefficient (Wildman–Crippen LogP) is 5.22. The molecule has 156 valence electrons. The van der Waals surface area contributed by atoms with Crippen LogP contribution in [0.3, 0.4) is 0 Å². The zero-order valence-electron chi connectivity index (χ0n) is 16.1. The highest BCUT2D eigenvalue weighted by Gasteiger charge is 2.25. The second kappa shape index (κ2) is 12.7. The third-order valence-corrected chi connectivity index (χ3v) is 6.89. The summed E-state index contributed by atoms with van der Waals surface area (Å²) in [5, 5.41) is 6.36. The van der Waals surface area contributed by atoms with Crippen LogP contribution in [0.15, 0.2) is 34.5 Å². The van der Waals surface area contributed by atoms with Crippen molar-refractivity contribution in [3.8, 4) is 0 Å². The van der Waals surface area contributed by atoms with Crippen molar-refractivity contribution in [3.63, 3.8) is 0 Å². The van der Waals surface area contributed by atoms with Crippen LogP contribution < -0.4 is 11.1 Å². The molecule has 4 nitrogen and oxygen atoms in total. The van der Waals surface area contributed by atoms with Gasteiger partial charge >= 0.3 is 0 Å². The molecule has 0 aliphatic heterocycles. The van der Waals surface area contributed by atoms with Crippen LogP contribution >= 0.6 is 47.9 Å². The molecule has 2 aromatic rings. The van der Waals surface area contributed by atoms with Gasteiger partial charge in [-0.1, -0.05) is 31.4 Å². The smallest absolute Gasteiger partial charge is 0.252 e. The summed E-state index contributed by atoms with van der Waals surface area (Å²) >= 11 is 3.32. The van der Waals surface area contributed by atoms with Gasteiger partial charge in [0.1, 0.15) is 0 Å². The second-order valence-electron chi connectivity index (χ2n) is 6.86. The number of rotatable bonds is 7. The third-order valence-electron chi connectivity index (χ3n) is 4.96. The van der Waals surface area contributed by atoms with Crippen LogP contribution in [0.25, 0.3) is 0 Å². The molecule has 1 aromatic heterocycles. The van der Waals surface area contributed by atoms with E-state index in [1.807, 2.05) is 31.2 Å². The average molecular weight is 463 g/mol. The molecular weight excluding hydrogens is 433 g/mol. The first kappa shape index (κ1) is 25.2. The third kappa shape index (κ3) is 6.92. The highest BCUT2D eigenvalue weighted by molar-refractivity contribution is 7.98. The van der Waals surface area contributed by atoms with E-state index in [0.717, 1.165) is 26.9 Å². The Morgan fingerprint density at radius 3 is 2.64 bits per heavy atom. The number of thiazole rings is 1. The number of nitrogens with two attached hydrogens (primary N) is 1. The van der Waals surface area contributed by atoms with Gasteiger partial charge in [0.25, 0.3) is 5.91 Å². The molecule has 0 saturated heterocycles. The number of halogens is 2. The molecule has 3 N–H and O–H groups in total. The van der Waals surface area contributed by atoms with E-state index in [4.69, 9.17) is 5.73 Å². The molecule has 1 amide bonds. The Balaban J connectivity index is 0.00000196. The van der Waals surface area contributed by atoms with Gasteiger partial charge in [0, 0.05) is 28.6 Å². The van der Waals surface area contributed by atoms with E-state index < -0.39 is 0 Å². The van der Waals surface area contributed by atoms with Gasteiger partial charge in [-0.3, -0.25) is 4.79 Å². The van der Waals surface area contributed by atoms with Gasteiger partial charge in [-0.25, -0.2) is 4.98 Å². The summed E-state index contributed by atoms with van der Waals surface area (Å²) in [5.74, 6) is 1.27. The quantitative estimate of drug-likeness (QED) is 0.554. The minimum Gasteiger partial charge on any atom is -0.348 e. The Morgan fingerprint density at radius 2 is 2.00 bits per heavy atom. The van der Waals surface area contributed by atoms with Gasteiger partial charge in [0.2, 0.25) is 0 Å². The van der Waals surface area contributed by atoms with Crippen molar-refractivity contribution in [1.82, 2.24) is 10.3 Å². The predicted molar refractivity (Wildman–Crippen MR) is 124 cm³/mol. The summed E-state index contributed by atoms with van der Waals surface area (Å²) in [6.07, 6.45) is 6.13. The Labute approximate surface area is 188 Å². The van der Waals surface area contributed by atoms with Gasteiger partial charge in [0.05, 0.1) is 16.3 Å². The van der Waals surface area contributed by atoms with Crippen LogP contribution in [-0.2, 0) is 5.75 Å². The van der Waals surface area contributed by atoms with Crippen LogP contribution in [0, 0.1) is 12.8 Å². The first-order valence-electron chi connectivity index (χ1n) is 9.31. The molecule has 1 fully saturated rings. The molecule has 1 heterocycles. The molecule has 3 rings (SSSR count). The van der Waals surface area contributed by atoms with Crippen LogP contribution in [0.5, 0.6) is 0 Å². The molecule has 1 saturated carbocycles. The Morgan fingerprint density at radius 1 is 1.29 bits per heavy atom. The maximum atomic E-state index is 12.9. The normalized spacial score (nSPS) is 15.2. The molecule has 1 aromatic carbocycles. The number of hydrogen-bond donors (Lipinski definition) is 2. The SMILES string of the molecule is Cc1nc(CSc2ccccc2C(=O)NC(CN)C2CCCCC2)cs1.Cl.Cl. The summed E-state index contributed by atoms with van der Waals surface area (Å²) in [6, 6.07) is 7.88. The van der Waals surface area contributed by atoms with Gasteiger partial charge < -0.3 is 11.1 Å². The largest absolute Gasteiger partial charge is 0.348 e. The lowest BCUT2D eigenvalue weighted by molar-refractivity contribution is 0.0912. The molecule has 1 atom stereocenters. The number of aryl methyl sites for hydroxylation is 1. The van der Waals surface area contributed by atoms with E-state index in [0.29, 0.717) is 12.5 Å². The molecule has 0 spiro atoms. The lowest BCUT2D eigenvalue weighted by Gasteiger charge is -2.30. The topological polar surface area (TPSA) is 68.0 Å². The molecule has 1 aliphatic carbocycles. The standard InChI is InChI=1S/C20H27N3OS2.2ClH/c1-14-22-16(12-25-14)13-26-19-10-6-5-9-17(19)20(24)23-18(11-21)15-7-3-2-4-8-15;;/h5-6,9-10,12,15,18H,2-4,7-8,11,13,21H2,1H3,(H,23,24);2*1H. The molecule has 1 aliphatic rings. The highest BCUT2D eigenvalue weighted by Crippen LogP contribution is 2.29. The lowest BCUT2D eigenvalue weighted by Crippen LogP contribution is -2.46. The molecule has 28 heavy (non-hydrogen) atoms. The number of benzene rings is 1. The van der Waals surface area contributed by atoms with E-state index in [2.05, 4.69) is 15.7 Å². The maximum Gasteiger partial charge on any atom is 0.252 e. The number of aromatic nitrogens is 1. The van der Waals surface area contributed by atoms with Crippen molar-refractivity contribution in [2.45, 2.75) is 55.7 Å². The van der Waals surface area contributed by atoms with Crippen molar-refractivity contribution >= 4 is 53.8 Å². The summed E-state index contributed by atoms with van der Waals surface area (Å²) in [7, 11) is 0. The van der Waals surface area contributed by atoms with Crippen molar-refractivity contribution < 1.29 is 4.79 Å². The lowest BCUT2D eigenvalue weighted by atomic mass is 9.84. The number of nitrogens with one attached hydrogen (secondary N) is 1. The fourth-order valence-electron chi connectivity index (χ4n) is 3.56. The van der Waals surface area contributed by atoms with E-state index >= 15 is 0 Å². The minimum atomic E-state index is -0.0106. The zero-order chi connectivity index (χ0) is 18.4. The number of carbonyl (C=O) groups excluding carboxylic acids is 1. The zero-order valence-corrected chi connectivity index (χ0v) is 19.3. The number of carbonyl (C=O) groups is 1. The van der Waals surface area contributed by atoms with Crippen LogP contribution in [-0.4, -0.2) is 23.5 Å². The summed E-state index contributed by atoms with van der Waals surface area (Å²) in [5.41, 5.74) is 7.78. The number of nitrogens with zero attached hydrogens (tertiary/aromatic N) is 1. The fourth-order valence-corrected chi connectivity index (χ4v) is 5.22. The van der Waals surface area contributed by atoms with Crippen LogP contribution in [0.2, 0.25) is 0 Å². The van der Waals surface area contributed by atoms with Crippen LogP contribution in [0.1, 0.15) is 53.2 Å². The van der Waals surface area contributed by atoms with E-state index in [9.17, 15) is 4.79 Å². The van der Waals surface area contributed by atoms with Gasteiger partial charge in [-0.2, -0.15) is 0 Å². The molecule has 0 radical (unpaired) electrons. The van der Waals surface area contributed by atoms with Crippen molar-refractivity contribution in [1.29, 1.82) is 0 Å². The highest BCUT2D eigenvalue weighted by atomic mass is 35.5. The Hall–Kier alpha value is -0.790. The van der Waals surface area contributed by atoms with Gasteiger partial charge in [0.15, 0.2) is 0 Å². The number of amides is 1. The minimum absolute atomic E-state index is 0. The monoisotopic (exact) mass is 461 g/mol. The Bertz CT molecular complexity index is 736. The summed E-state index contributed by atoms with van der Waals surface area (Å²) < 4.78 is 0. The van der Waals surface area contributed by atoms with E-state index in [1.54, 1.807) is 23.1 Å². The van der Waals surface area contributed by atoms with Crippen molar-refractivity contribution in [3.05, 3.63) is 45.9 Å². The summed E-state index contributed by atoms with van der Waals surface area (Å²) in [4.78, 5) is 18.4. The van der Waals surface area contributed by atoms with Crippen molar-refractivity contribution in [2.75, 3.05) is 6.54 Å². The van der Waals surface area contributed by atoms with E-state index in [1.165, 1.54) is 32.1 Å². The molecule has 1 unspecified atom stereocenters. The average Bonchev–Trinajstić information content (AvgIpc) is 3.10. The first-order valence-corrected chi connectivity index (χ1v) is 11.2. The van der Waals surface area contributed by atoms with Crippen molar-refractivity contribution in [2.24, 2.45) is 11.7 Å². The molecule has 0 bridgehead atoms. The Kier molecular flexibility index (Phi) is 11.5. The summed E-state index contributed by atoms with van der Waals surface area (Å²) in [6.45, 7) is 2.52. The van der Waals surface area contributed by atoms with E-state index in [-0.39, 0.29) is 36.8 Å². The maximum absolute atomic E-state index is 12.9. The fraction of sp³-hybridized carbons (Fsp3) is 0.500. The van der Waals surface area contributed by atoms with Gasteiger partial charge in [-0.15, -0.1) is 47.9 Å². The first-order chi connectivity index (χ1) is 12.7. The number of hydrogen-bond acceptors (Lipinski definition) is 5. The molecular formula is C20H29Cl2N3OS2.